The molecule has 0 amide bonds. The molecule has 118 valence electrons. The Balaban J connectivity index is 1.48. The van der Waals surface area contributed by atoms with Crippen molar-refractivity contribution < 1.29 is 4.52 Å². The van der Waals surface area contributed by atoms with Gasteiger partial charge in [0, 0.05) is 16.0 Å². The van der Waals surface area contributed by atoms with Crippen LogP contribution in [-0.4, -0.2) is 15.1 Å². The van der Waals surface area contributed by atoms with Crippen molar-refractivity contribution >= 4 is 34.3 Å². The summed E-state index contributed by atoms with van der Waals surface area (Å²) in [6.45, 7) is 0. The summed E-state index contributed by atoms with van der Waals surface area (Å²) in [5.74, 6) is 1.73. The molecule has 4 aromatic rings. The minimum atomic E-state index is 0.494. The summed E-state index contributed by atoms with van der Waals surface area (Å²) in [5, 5.41) is 6.77. The van der Waals surface area contributed by atoms with E-state index in [1.165, 1.54) is 0 Å². The number of aromatic nitrogens is 3. The van der Waals surface area contributed by atoms with E-state index in [1.807, 2.05) is 42.5 Å². The van der Waals surface area contributed by atoms with Crippen LogP contribution in [0.3, 0.4) is 0 Å². The molecule has 0 saturated heterocycles. The Morgan fingerprint density at radius 3 is 2.62 bits per heavy atom. The van der Waals surface area contributed by atoms with E-state index in [-0.39, 0.29) is 0 Å². The van der Waals surface area contributed by atoms with Crippen molar-refractivity contribution in [3.63, 3.8) is 0 Å². The van der Waals surface area contributed by atoms with Crippen molar-refractivity contribution in [2.75, 3.05) is 0 Å². The molecule has 4 nitrogen and oxygen atoms in total. The maximum atomic E-state index is 5.89. The summed E-state index contributed by atoms with van der Waals surface area (Å²) >= 11 is 7.47. The van der Waals surface area contributed by atoms with E-state index in [9.17, 15) is 0 Å². The number of para-hydroxylation sites is 1. The van der Waals surface area contributed by atoms with Gasteiger partial charge < -0.3 is 4.52 Å². The fraction of sp³-hybridized carbons (Fsp3) is 0.0556. The third-order valence-electron chi connectivity index (χ3n) is 3.48. The molecule has 4 rings (SSSR count). The van der Waals surface area contributed by atoms with Crippen LogP contribution in [-0.2, 0) is 5.75 Å². The van der Waals surface area contributed by atoms with Gasteiger partial charge in [-0.2, -0.15) is 4.98 Å². The Morgan fingerprint density at radius 1 is 0.917 bits per heavy atom. The highest BCUT2D eigenvalue weighted by molar-refractivity contribution is 7.98. The molecule has 2 heterocycles. The van der Waals surface area contributed by atoms with Crippen LogP contribution >= 0.6 is 23.4 Å². The normalized spacial score (nSPS) is 11.0. The van der Waals surface area contributed by atoms with E-state index in [4.69, 9.17) is 16.1 Å². The smallest absolute Gasteiger partial charge is 0.257 e. The average molecular weight is 354 g/mol. The van der Waals surface area contributed by atoms with Crippen LogP contribution in [0.1, 0.15) is 5.82 Å². The molecule has 0 aliphatic rings. The van der Waals surface area contributed by atoms with Gasteiger partial charge in [-0.1, -0.05) is 52.8 Å². The van der Waals surface area contributed by atoms with E-state index >= 15 is 0 Å². The summed E-state index contributed by atoms with van der Waals surface area (Å²) < 4.78 is 5.31. The number of halogens is 1. The second-order valence-corrected chi connectivity index (χ2v) is 6.59. The van der Waals surface area contributed by atoms with Crippen LogP contribution in [0.15, 0.2) is 70.2 Å². The van der Waals surface area contributed by atoms with Crippen LogP contribution < -0.4 is 0 Å². The number of nitrogens with zero attached hydrogens (tertiary/aromatic N) is 3. The zero-order valence-corrected chi connectivity index (χ0v) is 14.1. The molecule has 2 aromatic carbocycles. The molecule has 0 unspecified atom stereocenters. The van der Waals surface area contributed by atoms with Crippen molar-refractivity contribution in [1.29, 1.82) is 0 Å². The maximum absolute atomic E-state index is 5.89. The van der Waals surface area contributed by atoms with Crippen molar-refractivity contribution in [1.82, 2.24) is 15.1 Å². The fourth-order valence-electron chi connectivity index (χ4n) is 2.29. The molecule has 0 radical (unpaired) electrons. The largest absolute Gasteiger partial charge is 0.334 e. The lowest BCUT2D eigenvalue weighted by Gasteiger charge is -2.00. The SMILES string of the molecule is Clc1ccc(-c2nc(CSc3ccc4ccccc4n3)no2)cc1. The molecule has 6 heteroatoms. The third-order valence-corrected chi connectivity index (χ3v) is 4.66. The molecule has 0 fully saturated rings. The molecule has 0 spiro atoms. The number of thioether (sulfide) groups is 1. The van der Waals surface area contributed by atoms with Gasteiger partial charge in [0.1, 0.15) is 0 Å². The van der Waals surface area contributed by atoms with Gasteiger partial charge in [0.25, 0.3) is 5.89 Å². The number of pyridine rings is 1. The number of hydrogen-bond acceptors (Lipinski definition) is 5. The molecule has 0 bridgehead atoms. The van der Waals surface area contributed by atoms with E-state index in [0.717, 1.165) is 21.5 Å². The monoisotopic (exact) mass is 353 g/mol. The second-order valence-electron chi connectivity index (χ2n) is 5.15. The van der Waals surface area contributed by atoms with E-state index in [1.54, 1.807) is 23.9 Å². The fourth-order valence-corrected chi connectivity index (χ4v) is 3.14. The molecule has 24 heavy (non-hydrogen) atoms. The van der Waals surface area contributed by atoms with Gasteiger partial charge in [-0.15, -0.1) is 0 Å². The lowest BCUT2D eigenvalue weighted by molar-refractivity contribution is 0.425. The summed E-state index contributed by atoms with van der Waals surface area (Å²) in [7, 11) is 0. The van der Waals surface area contributed by atoms with Gasteiger partial charge in [-0.05, 0) is 36.4 Å². The number of hydrogen-bond donors (Lipinski definition) is 0. The van der Waals surface area contributed by atoms with E-state index in [2.05, 4.69) is 21.2 Å². The second kappa shape index (κ2) is 6.63. The average Bonchev–Trinajstić information content (AvgIpc) is 3.09. The quantitative estimate of drug-likeness (QED) is 0.470. The van der Waals surface area contributed by atoms with Crippen LogP contribution in [0, 0.1) is 0 Å². The van der Waals surface area contributed by atoms with Crippen molar-refractivity contribution in [3.05, 3.63) is 71.5 Å². The van der Waals surface area contributed by atoms with Crippen LogP contribution in [0.25, 0.3) is 22.4 Å². The first-order valence-electron chi connectivity index (χ1n) is 7.35. The predicted molar refractivity (Wildman–Crippen MR) is 96.0 cm³/mol. The Bertz CT molecular complexity index is 985. The predicted octanol–water partition coefficient (Wildman–Crippen LogP) is 5.23. The highest BCUT2D eigenvalue weighted by Gasteiger charge is 2.09. The molecule has 0 N–H and O–H groups in total. The minimum absolute atomic E-state index is 0.494. The highest BCUT2D eigenvalue weighted by atomic mass is 35.5. The van der Waals surface area contributed by atoms with Gasteiger partial charge in [0.15, 0.2) is 5.82 Å². The van der Waals surface area contributed by atoms with Gasteiger partial charge in [0.05, 0.1) is 16.3 Å². The molecule has 0 aliphatic carbocycles. The zero-order chi connectivity index (χ0) is 16.4. The first-order chi connectivity index (χ1) is 11.8. The first-order valence-corrected chi connectivity index (χ1v) is 8.71. The lowest BCUT2D eigenvalue weighted by atomic mass is 10.2. The molecular weight excluding hydrogens is 342 g/mol. The van der Waals surface area contributed by atoms with Gasteiger partial charge >= 0.3 is 0 Å². The third kappa shape index (κ3) is 3.27. The summed E-state index contributed by atoms with van der Waals surface area (Å²) in [4.78, 5) is 9.05. The lowest BCUT2D eigenvalue weighted by Crippen LogP contribution is -1.87. The van der Waals surface area contributed by atoms with Crippen molar-refractivity contribution in [2.24, 2.45) is 0 Å². The van der Waals surface area contributed by atoms with Gasteiger partial charge in [-0.3, -0.25) is 0 Å². The first kappa shape index (κ1) is 15.2. The standard InChI is InChI=1S/C18H12ClN3OS/c19-14-8-5-13(6-9-14)18-21-16(22-23-18)11-24-17-10-7-12-3-1-2-4-15(12)20-17/h1-10H,11H2. The number of rotatable bonds is 4. The van der Waals surface area contributed by atoms with E-state index < -0.39 is 0 Å². The van der Waals surface area contributed by atoms with Crippen LogP contribution in [0.2, 0.25) is 5.02 Å². The van der Waals surface area contributed by atoms with Crippen molar-refractivity contribution in [3.8, 4) is 11.5 Å². The number of fused-ring (bicyclic) bond motifs is 1. The van der Waals surface area contributed by atoms with E-state index in [0.29, 0.717) is 22.5 Å². The Hall–Kier alpha value is -2.37. The molecule has 0 atom stereocenters. The Kier molecular flexibility index (Phi) is 4.19. The molecule has 0 saturated carbocycles. The number of benzene rings is 2. The molecular formula is C18H12ClN3OS. The Labute approximate surface area is 147 Å². The van der Waals surface area contributed by atoms with Crippen LogP contribution in [0.4, 0.5) is 0 Å². The summed E-state index contributed by atoms with van der Waals surface area (Å²) in [5.41, 5.74) is 1.84. The topological polar surface area (TPSA) is 51.8 Å². The maximum Gasteiger partial charge on any atom is 0.257 e. The zero-order valence-electron chi connectivity index (χ0n) is 12.5. The molecule has 2 aromatic heterocycles. The molecule has 0 aliphatic heterocycles. The van der Waals surface area contributed by atoms with Crippen molar-refractivity contribution in [2.45, 2.75) is 10.8 Å². The summed E-state index contributed by atoms with van der Waals surface area (Å²) in [6, 6.07) is 19.4. The minimum Gasteiger partial charge on any atom is -0.334 e. The summed E-state index contributed by atoms with van der Waals surface area (Å²) in [6.07, 6.45) is 0. The van der Waals surface area contributed by atoms with Crippen LogP contribution in [0.5, 0.6) is 0 Å². The van der Waals surface area contributed by atoms with Gasteiger partial charge in [-0.25, -0.2) is 4.98 Å². The van der Waals surface area contributed by atoms with Gasteiger partial charge in [0.2, 0.25) is 0 Å². The highest BCUT2D eigenvalue weighted by Crippen LogP contribution is 2.24. The Morgan fingerprint density at radius 2 is 1.75 bits per heavy atom.